The molecule has 1 aliphatic carbocycles. The van der Waals surface area contributed by atoms with E-state index in [0.29, 0.717) is 18.5 Å². The van der Waals surface area contributed by atoms with Gasteiger partial charge in [0, 0.05) is 11.6 Å². The number of halogens is 3. The van der Waals surface area contributed by atoms with Crippen molar-refractivity contribution in [3.8, 4) is 11.3 Å². The highest BCUT2D eigenvalue weighted by molar-refractivity contribution is 5.93. The molecule has 3 rings (SSSR count). The van der Waals surface area contributed by atoms with Gasteiger partial charge in [0.15, 0.2) is 0 Å². The first-order chi connectivity index (χ1) is 11.4. The Balaban J connectivity index is 1.64. The molecule has 0 aliphatic heterocycles. The van der Waals surface area contributed by atoms with Gasteiger partial charge in [-0.1, -0.05) is 36.8 Å². The molecular weight excluding hydrogens is 319 g/mol. The van der Waals surface area contributed by atoms with Crippen molar-refractivity contribution in [1.82, 2.24) is 15.5 Å². The fraction of sp³-hybridized carbons (Fsp3) is 0.412. The summed E-state index contributed by atoms with van der Waals surface area (Å²) >= 11 is 0. The fourth-order valence-electron chi connectivity index (χ4n) is 3.08. The Bertz CT molecular complexity index is 697. The molecule has 24 heavy (non-hydrogen) atoms. The summed E-state index contributed by atoms with van der Waals surface area (Å²) in [5.41, 5.74) is 1.74. The van der Waals surface area contributed by atoms with E-state index in [0.717, 1.165) is 5.56 Å². The van der Waals surface area contributed by atoms with Crippen LogP contribution in [0.5, 0.6) is 0 Å². The smallest absolute Gasteiger partial charge is 0.348 e. The normalized spacial score (nSPS) is 21.5. The average Bonchev–Trinajstić information content (AvgIpc) is 3.05. The van der Waals surface area contributed by atoms with Gasteiger partial charge in [-0.05, 0) is 25.3 Å². The number of aromatic nitrogens is 2. The second kappa shape index (κ2) is 6.67. The first-order valence-electron chi connectivity index (χ1n) is 7.92. The largest absolute Gasteiger partial charge is 0.391 e. The Hall–Kier alpha value is -2.31. The van der Waals surface area contributed by atoms with Crippen LogP contribution in [-0.2, 0) is 0 Å². The highest BCUT2D eigenvalue weighted by atomic mass is 19.4. The van der Waals surface area contributed by atoms with Crippen molar-refractivity contribution in [1.29, 1.82) is 0 Å². The molecule has 128 valence electrons. The summed E-state index contributed by atoms with van der Waals surface area (Å²) in [4.78, 5) is 12.3. The molecule has 2 N–H and O–H groups in total. The van der Waals surface area contributed by atoms with Gasteiger partial charge in [-0.3, -0.25) is 9.89 Å². The third kappa shape index (κ3) is 3.77. The molecular formula is C17H18F3N3O. The third-order valence-electron chi connectivity index (χ3n) is 4.36. The van der Waals surface area contributed by atoms with Crippen LogP contribution in [0.3, 0.4) is 0 Å². The van der Waals surface area contributed by atoms with E-state index < -0.39 is 24.0 Å². The van der Waals surface area contributed by atoms with E-state index in [1.165, 1.54) is 0 Å². The summed E-state index contributed by atoms with van der Waals surface area (Å²) < 4.78 is 38.5. The molecule has 0 unspecified atom stereocenters. The van der Waals surface area contributed by atoms with Gasteiger partial charge < -0.3 is 5.32 Å². The van der Waals surface area contributed by atoms with Crippen LogP contribution in [-0.4, -0.2) is 28.3 Å². The van der Waals surface area contributed by atoms with Crippen LogP contribution in [0.15, 0.2) is 36.4 Å². The topological polar surface area (TPSA) is 57.8 Å². The Kier molecular flexibility index (Phi) is 4.59. The molecule has 2 atom stereocenters. The molecule has 2 aromatic rings. The first kappa shape index (κ1) is 16.5. The van der Waals surface area contributed by atoms with Crippen LogP contribution in [0.4, 0.5) is 13.2 Å². The molecule has 1 fully saturated rings. The Morgan fingerprint density at radius 1 is 1.21 bits per heavy atom. The summed E-state index contributed by atoms with van der Waals surface area (Å²) in [6.45, 7) is 0. The Labute approximate surface area is 137 Å². The van der Waals surface area contributed by atoms with E-state index in [4.69, 9.17) is 0 Å². The lowest BCUT2D eigenvalue weighted by Gasteiger charge is -2.30. The first-order valence-corrected chi connectivity index (χ1v) is 7.92. The highest BCUT2D eigenvalue weighted by Crippen LogP contribution is 2.37. The van der Waals surface area contributed by atoms with Gasteiger partial charge >= 0.3 is 6.18 Å². The average molecular weight is 337 g/mol. The molecule has 1 aromatic heterocycles. The van der Waals surface area contributed by atoms with Crippen molar-refractivity contribution in [2.45, 2.75) is 37.9 Å². The SMILES string of the molecule is O=C(N[C@@H]1CCC[C@@H](C(F)(F)F)C1)c1cc(-c2ccccc2)n[nH]1. The van der Waals surface area contributed by atoms with Crippen molar-refractivity contribution in [3.05, 3.63) is 42.1 Å². The van der Waals surface area contributed by atoms with Crippen molar-refractivity contribution in [2.75, 3.05) is 0 Å². The quantitative estimate of drug-likeness (QED) is 0.892. The van der Waals surface area contributed by atoms with Gasteiger partial charge in [-0.25, -0.2) is 0 Å². The minimum Gasteiger partial charge on any atom is -0.348 e. The van der Waals surface area contributed by atoms with Crippen LogP contribution >= 0.6 is 0 Å². The summed E-state index contributed by atoms with van der Waals surface area (Å²) in [6, 6.07) is 10.5. The fourth-order valence-corrected chi connectivity index (χ4v) is 3.08. The molecule has 1 amide bonds. The molecule has 7 heteroatoms. The molecule has 1 saturated carbocycles. The summed E-state index contributed by atoms with van der Waals surface area (Å²) in [5.74, 6) is -1.75. The molecule has 1 heterocycles. The van der Waals surface area contributed by atoms with Crippen LogP contribution in [0.1, 0.15) is 36.2 Å². The van der Waals surface area contributed by atoms with Crippen molar-refractivity contribution < 1.29 is 18.0 Å². The van der Waals surface area contributed by atoms with E-state index >= 15 is 0 Å². The second-order valence-electron chi connectivity index (χ2n) is 6.11. The highest BCUT2D eigenvalue weighted by Gasteiger charge is 2.42. The second-order valence-corrected chi connectivity index (χ2v) is 6.11. The monoisotopic (exact) mass is 337 g/mol. The maximum absolute atomic E-state index is 12.8. The van der Waals surface area contributed by atoms with E-state index in [-0.39, 0.29) is 18.5 Å². The molecule has 0 saturated heterocycles. The Morgan fingerprint density at radius 2 is 1.96 bits per heavy atom. The number of benzene rings is 1. The zero-order chi connectivity index (χ0) is 17.2. The van der Waals surface area contributed by atoms with Gasteiger partial charge in [0.05, 0.1) is 11.6 Å². The maximum Gasteiger partial charge on any atom is 0.391 e. The number of H-pyrrole nitrogens is 1. The minimum atomic E-state index is -4.20. The molecule has 0 spiro atoms. The zero-order valence-corrected chi connectivity index (χ0v) is 12.9. The molecule has 0 bridgehead atoms. The predicted molar refractivity (Wildman–Crippen MR) is 83.3 cm³/mol. The lowest BCUT2D eigenvalue weighted by Crippen LogP contribution is -2.41. The summed E-state index contributed by atoms with van der Waals surface area (Å²) in [5, 5.41) is 9.43. The van der Waals surface area contributed by atoms with E-state index in [9.17, 15) is 18.0 Å². The Morgan fingerprint density at radius 3 is 2.67 bits per heavy atom. The van der Waals surface area contributed by atoms with Crippen molar-refractivity contribution in [2.24, 2.45) is 5.92 Å². The summed E-state index contributed by atoms with van der Waals surface area (Å²) in [7, 11) is 0. The van der Waals surface area contributed by atoms with Crippen LogP contribution in [0.25, 0.3) is 11.3 Å². The van der Waals surface area contributed by atoms with Gasteiger partial charge in [-0.2, -0.15) is 18.3 Å². The molecule has 4 nitrogen and oxygen atoms in total. The third-order valence-corrected chi connectivity index (χ3v) is 4.36. The number of rotatable bonds is 3. The number of aromatic amines is 1. The van der Waals surface area contributed by atoms with Crippen molar-refractivity contribution in [3.63, 3.8) is 0 Å². The minimum absolute atomic E-state index is 0.0606. The van der Waals surface area contributed by atoms with E-state index in [1.54, 1.807) is 6.07 Å². The van der Waals surface area contributed by atoms with Gasteiger partial charge in [-0.15, -0.1) is 0 Å². The molecule has 1 aliphatic rings. The van der Waals surface area contributed by atoms with Crippen LogP contribution < -0.4 is 5.32 Å². The standard InChI is InChI=1S/C17H18F3N3O/c18-17(19,20)12-7-4-8-13(9-12)21-16(24)15-10-14(22-23-15)11-5-2-1-3-6-11/h1-3,5-6,10,12-13H,4,7-9H2,(H,21,24)(H,22,23)/t12-,13-/m1/s1. The lowest BCUT2D eigenvalue weighted by molar-refractivity contribution is -0.183. The van der Waals surface area contributed by atoms with Crippen molar-refractivity contribution >= 4 is 5.91 Å². The maximum atomic E-state index is 12.8. The van der Waals surface area contributed by atoms with Crippen LogP contribution in [0, 0.1) is 5.92 Å². The summed E-state index contributed by atoms with van der Waals surface area (Å²) in [6.07, 6.45) is -3.09. The number of alkyl halides is 3. The number of carbonyl (C=O) groups is 1. The lowest BCUT2D eigenvalue weighted by atomic mass is 9.85. The van der Waals surface area contributed by atoms with E-state index in [1.807, 2.05) is 30.3 Å². The predicted octanol–water partition coefficient (Wildman–Crippen LogP) is 3.93. The number of amides is 1. The van der Waals surface area contributed by atoms with Crippen LogP contribution in [0.2, 0.25) is 0 Å². The van der Waals surface area contributed by atoms with E-state index in [2.05, 4.69) is 15.5 Å². The number of nitrogens with zero attached hydrogens (tertiary/aromatic N) is 1. The molecule has 1 aromatic carbocycles. The van der Waals surface area contributed by atoms with Gasteiger partial charge in [0.25, 0.3) is 5.91 Å². The zero-order valence-electron chi connectivity index (χ0n) is 12.9. The number of carbonyl (C=O) groups excluding carboxylic acids is 1. The molecule has 0 radical (unpaired) electrons. The van der Waals surface area contributed by atoms with Gasteiger partial charge in [0.2, 0.25) is 0 Å². The number of nitrogens with one attached hydrogen (secondary N) is 2. The number of hydrogen-bond donors (Lipinski definition) is 2. The number of hydrogen-bond acceptors (Lipinski definition) is 2. The van der Waals surface area contributed by atoms with Gasteiger partial charge in [0.1, 0.15) is 5.69 Å².